The summed E-state index contributed by atoms with van der Waals surface area (Å²) in [5.41, 5.74) is -0.892. The van der Waals surface area contributed by atoms with Crippen LogP contribution in [0.5, 0.6) is 0 Å². The summed E-state index contributed by atoms with van der Waals surface area (Å²) >= 11 is 5.85. The highest BCUT2D eigenvalue weighted by atomic mass is 35.5. The molecule has 0 aliphatic carbocycles. The van der Waals surface area contributed by atoms with E-state index in [2.05, 4.69) is 10.1 Å². The third-order valence-electron chi connectivity index (χ3n) is 5.20. The number of hydrogen-bond acceptors (Lipinski definition) is 5. The normalized spacial score (nSPS) is 20.1. The average Bonchev–Trinajstić information content (AvgIpc) is 3.08. The minimum Gasteiger partial charge on any atom is -0.390 e. The molecule has 164 valence electrons. The predicted molar refractivity (Wildman–Crippen MR) is 106 cm³/mol. The first-order valence-corrected chi connectivity index (χ1v) is 9.90. The second kappa shape index (κ2) is 8.10. The largest absolute Gasteiger partial charge is 0.433 e. The number of carbonyl (C=O) groups is 1. The first-order valence-electron chi connectivity index (χ1n) is 9.53. The van der Waals surface area contributed by atoms with Gasteiger partial charge in [0.1, 0.15) is 0 Å². The van der Waals surface area contributed by atoms with Gasteiger partial charge in [-0.3, -0.25) is 4.79 Å². The van der Waals surface area contributed by atoms with Crippen molar-refractivity contribution in [3.05, 3.63) is 52.8 Å². The monoisotopic (exact) mass is 454 g/mol. The maximum atomic E-state index is 13.7. The third-order valence-corrected chi connectivity index (χ3v) is 5.45. The number of aliphatic hydroxyl groups excluding tert-OH is 2. The lowest BCUT2D eigenvalue weighted by atomic mass is 10.1. The Kier molecular flexibility index (Phi) is 5.63. The molecule has 31 heavy (non-hydrogen) atoms. The Balaban J connectivity index is 1.75. The molecule has 2 aromatic heterocycles. The molecule has 0 bridgehead atoms. The lowest BCUT2D eigenvalue weighted by Crippen LogP contribution is -2.32. The fourth-order valence-corrected chi connectivity index (χ4v) is 3.61. The van der Waals surface area contributed by atoms with Gasteiger partial charge in [0, 0.05) is 29.7 Å². The number of amides is 1. The summed E-state index contributed by atoms with van der Waals surface area (Å²) in [6.07, 6.45) is -6.33. The molecule has 4 rings (SSSR count). The molecule has 3 heterocycles. The van der Waals surface area contributed by atoms with Crippen LogP contribution in [-0.2, 0) is 6.18 Å². The van der Waals surface area contributed by atoms with Crippen molar-refractivity contribution in [1.82, 2.24) is 19.5 Å². The van der Waals surface area contributed by atoms with Gasteiger partial charge in [0.25, 0.3) is 5.91 Å². The summed E-state index contributed by atoms with van der Waals surface area (Å²) in [6, 6.07) is 8.27. The fourth-order valence-electron chi connectivity index (χ4n) is 3.49. The highest BCUT2D eigenvalue weighted by Gasteiger charge is 2.36. The summed E-state index contributed by atoms with van der Waals surface area (Å²) < 4.78 is 41.8. The highest BCUT2D eigenvalue weighted by molar-refractivity contribution is 6.30. The van der Waals surface area contributed by atoms with Crippen molar-refractivity contribution in [1.29, 1.82) is 0 Å². The molecule has 1 saturated heterocycles. The quantitative estimate of drug-likeness (QED) is 0.621. The fraction of sp³-hybridized carbons (Fsp3) is 0.350. The van der Waals surface area contributed by atoms with Crippen molar-refractivity contribution in [3.8, 4) is 11.3 Å². The molecule has 11 heteroatoms. The van der Waals surface area contributed by atoms with Gasteiger partial charge in [-0.05, 0) is 31.0 Å². The summed E-state index contributed by atoms with van der Waals surface area (Å²) in [6.45, 7) is 0.307. The number of aromatic nitrogens is 3. The summed E-state index contributed by atoms with van der Waals surface area (Å²) in [5.74, 6) is -0.590. The molecule has 1 fully saturated rings. The van der Waals surface area contributed by atoms with Crippen LogP contribution in [0, 0.1) is 0 Å². The molecule has 0 saturated carbocycles. The maximum Gasteiger partial charge on any atom is 0.433 e. The van der Waals surface area contributed by atoms with Gasteiger partial charge in [0.2, 0.25) is 0 Å². The van der Waals surface area contributed by atoms with Crippen LogP contribution in [-0.4, -0.2) is 60.9 Å². The van der Waals surface area contributed by atoms with Gasteiger partial charge >= 0.3 is 6.18 Å². The van der Waals surface area contributed by atoms with E-state index in [1.807, 2.05) is 0 Å². The molecule has 1 amide bonds. The first kappa shape index (κ1) is 21.5. The van der Waals surface area contributed by atoms with Gasteiger partial charge in [0.05, 0.1) is 17.9 Å². The van der Waals surface area contributed by atoms with E-state index in [1.165, 1.54) is 11.0 Å². The van der Waals surface area contributed by atoms with Gasteiger partial charge in [-0.15, -0.1) is 0 Å². The van der Waals surface area contributed by atoms with E-state index in [-0.39, 0.29) is 43.0 Å². The van der Waals surface area contributed by atoms with E-state index >= 15 is 0 Å². The smallest absolute Gasteiger partial charge is 0.390 e. The number of carbonyl (C=O) groups excluding carboxylic acids is 1. The summed E-state index contributed by atoms with van der Waals surface area (Å²) in [4.78, 5) is 18.5. The Hall–Kier alpha value is -2.69. The minimum atomic E-state index is -4.73. The van der Waals surface area contributed by atoms with Crippen LogP contribution in [0.4, 0.5) is 13.2 Å². The van der Waals surface area contributed by atoms with Crippen LogP contribution < -0.4 is 0 Å². The summed E-state index contributed by atoms with van der Waals surface area (Å²) in [5, 5.41) is 23.9. The number of aliphatic hydroxyl groups is 2. The van der Waals surface area contributed by atoms with Crippen LogP contribution >= 0.6 is 11.6 Å². The molecule has 7 nitrogen and oxygen atoms in total. The van der Waals surface area contributed by atoms with E-state index in [4.69, 9.17) is 11.6 Å². The predicted octanol–water partition coefficient (Wildman–Crippen LogP) is 3.03. The van der Waals surface area contributed by atoms with Gasteiger partial charge < -0.3 is 15.1 Å². The molecule has 1 aromatic carbocycles. The standard InChI is InChI=1S/C20H18ClF3N4O3/c21-12-3-1-11(2-4-12)13-9-17(20(22,23)24)28-18(25-13)10-14(26-28)19(31)27-7-5-15(29)16(30)6-8-27/h1-4,9-10,15-16,29-30H,5-8H2/t15-,16+. The van der Waals surface area contributed by atoms with E-state index in [9.17, 15) is 28.2 Å². The lowest BCUT2D eigenvalue weighted by Gasteiger charge is -2.18. The molecule has 1 aliphatic heterocycles. The molecule has 2 N–H and O–H groups in total. The van der Waals surface area contributed by atoms with Gasteiger partial charge in [-0.25, -0.2) is 9.50 Å². The lowest BCUT2D eigenvalue weighted by molar-refractivity contribution is -0.142. The topological polar surface area (TPSA) is 91.0 Å². The van der Waals surface area contributed by atoms with E-state index in [0.717, 1.165) is 6.07 Å². The molecule has 2 atom stereocenters. The van der Waals surface area contributed by atoms with Crippen LogP contribution in [0.3, 0.4) is 0 Å². The van der Waals surface area contributed by atoms with E-state index in [1.54, 1.807) is 24.3 Å². The van der Waals surface area contributed by atoms with Crippen LogP contribution in [0.15, 0.2) is 36.4 Å². The molecule has 0 spiro atoms. The average molecular weight is 455 g/mol. The van der Waals surface area contributed by atoms with Crippen molar-refractivity contribution in [2.45, 2.75) is 31.2 Å². The maximum absolute atomic E-state index is 13.7. The zero-order chi connectivity index (χ0) is 22.3. The van der Waals surface area contributed by atoms with E-state index < -0.39 is 30.0 Å². The van der Waals surface area contributed by atoms with Crippen molar-refractivity contribution in [2.75, 3.05) is 13.1 Å². The van der Waals surface area contributed by atoms with Crippen molar-refractivity contribution < 1.29 is 28.2 Å². The van der Waals surface area contributed by atoms with Gasteiger partial charge in [0.15, 0.2) is 17.0 Å². The molecule has 3 aromatic rings. The number of rotatable bonds is 2. The first-order chi connectivity index (χ1) is 14.6. The number of hydrogen-bond donors (Lipinski definition) is 2. The van der Waals surface area contributed by atoms with Crippen LogP contribution in [0.1, 0.15) is 29.0 Å². The Labute approximate surface area is 179 Å². The highest BCUT2D eigenvalue weighted by Crippen LogP contribution is 2.32. The Bertz CT molecular complexity index is 1110. The minimum absolute atomic E-state index is 0.0661. The molecule has 0 unspecified atom stereocenters. The van der Waals surface area contributed by atoms with Crippen LogP contribution in [0.2, 0.25) is 5.02 Å². The zero-order valence-corrected chi connectivity index (χ0v) is 16.8. The number of halogens is 4. The Morgan fingerprint density at radius 1 is 1.06 bits per heavy atom. The molecular formula is C20H18ClF3N4O3. The van der Waals surface area contributed by atoms with Gasteiger partial charge in [-0.2, -0.15) is 18.3 Å². The Morgan fingerprint density at radius 2 is 1.68 bits per heavy atom. The molecule has 0 radical (unpaired) electrons. The van der Waals surface area contributed by atoms with Crippen LogP contribution in [0.25, 0.3) is 16.9 Å². The number of fused-ring (bicyclic) bond motifs is 1. The molecule has 1 aliphatic rings. The Morgan fingerprint density at radius 3 is 2.26 bits per heavy atom. The second-order valence-corrected chi connectivity index (χ2v) is 7.77. The van der Waals surface area contributed by atoms with Gasteiger partial charge in [-0.1, -0.05) is 23.7 Å². The zero-order valence-electron chi connectivity index (χ0n) is 16.1. The van der Waals surface area contributed by atoms with E-state index in [0.29, 0.717) is 15.1 Å². The number of likely N-dealkylation sites (tertiary alicyclic amines) is 1. The molecular weight excluding hydrogens is 437 g/mol. The third kappa shape index (κ3) is 4.36. The SMILES string of the molecule is O=C(c1cc2nc(-c3ccc(Cl)cc3)cc(C(F)(F)F)n2n1)N1CC[C@@H](O)[C@@H](O)CC1. The number of benzene rings is 1. The second-order valence-electron chi connectivity index (χ2n) is 7.34. The summed E-state index contributed by atoms with van der Waals surface area (Å²) in [7, 11) is 0. The van der Waals surface area contributed by atoms with Crippen molar-refractivity contribution >= 4 is 23.2 Å². The number of nitrogens with zero attached hydrogens (tertiary/aromatic N) is 4. The number of alkyl halides is 3. The van der Waals surface area contributed by atoms with Crippen molar-refractivity contribution in [3.63, 3.8) is 0 Å². The van der Waals surface area contributed by atoms with Crippen molar-refractivity contribution in [2.24, 2.45) is 0 Å².